The summed E-state index contributed by atoms with van der Waals surface area (Å²) in [7, 11) is 0. The van der Waals surface area contributed by atoms with Crippen molar-refractivity contribution in [1.82, 2.24) is 4.98 Å². The van der Waals surface area contributed by atoms with E-state index in [-0.39, 0.29) is 11.7 Å². The maximum atomic E-state index is 11.8. The zero-order valence-electron chi connectivity index (χ0n) is 11.3. The lowest BCUT2D eigenvalue weighted by Gasteiger charge is -2.21. The Labute approximate surface area is 114 Å². The number of carbonyl (C=O) groups excluding carboxylic acids is 1. The third-order valence-electron chi connectivity index (χ3n) is 3.82. The molecule has 1 fully saturated rings. The molecule has 1 heterocycles. The van der Waals surface area contributed by atoms with Gasteiger partial charge in [-0.05, 0) is 24.8 Å². The lowest BCUT2D eigenvalue weighted by atomic mass is 9.86. The van der Waals surface area contributed by atoms with Gasteiger partial charge in [-0.3, -0.25) is 9.78 Å². The maximum Gasteiger partial charge on any atom is 0.224 e. The molecule has 19 heavy (non-hydrogen) atoms. The van der Waals surface area contributed by atoms with E-state index in [1.165, 1.54) is 38.3 Å². The predicted octanol–water partition coefficient (Wildman–Crippen LogP) is 3.48. The zero-order chi connectivity index (χ0) is 13.5. The van der Waals surface area contributed by atoms with E-state index < -0.39 is 0 Å². The molecular formula is C15H22N2O2. The highest BCUT2D eigenvalue weighted by Crippen LogP contribution is 2.28. The number of carbonyl (C=O) groups is 1. The second-order valence-corrected chi connectivity index (χ2v) is 5.34. The van der Waals surface area contributed by atoms with Crippen LogP contribution in [-0.4, -0.2) is 16.0 Å². The van der Waals surface area contributed by atoms with Gasteiger partial charge >= 0.3 is 0 Å². The Bertz CT molecular complexity index is 414. The number of nitrogens with one attached hydrogen (secondary N) is 1. The molecule has 1 aliphatic rings. The molecule has 2 rings (SSSR count). The van der Waals surface area contributed by atoms with E-state index in [0.717, 1.165) is 18.8 Å². The van der Waals surface area contributed by atoms with Crippen LogP contribution in [0.4, 0.5) is 5.69 Å². The lowest BCUT2D eigenvalue weighted by molar-refractivity contribution is -0.116. The molecule has 2 N–H and O–H groups in total. The van der Waals surface area contributed by atoms with Crippen LogP contribution in [0, 0.1) is 5.92 Å². The van der Waals surface area contributed by atoms with E-state index in [9.17, 15) is 9.90 Å². The molecule has 1 aromatic heterocycles. The van der Waals surface area contributed by atoms with Crippen molar-refractivity contribution in [3.05, 3.63) is 18.5 Å². The van der Waals surface area contributed by atoms with Crippen molar-refractivity contribution in [3.8, 4) is 5.75 Å². The fraction of sp³-hybridized carbons (Fsp3) is 0.600. The summed E-state index contributed by atoms with van der Waals surface area (Å²) in [5.74, 6) is 0.802. The standard InChI is InChI=1S/C15H22N2O2/c18-14-11-16-10-9-13(14)17-15(19)8-4-7-12-5-2-1-3-6-12/h9-12,18H,1-8H2,(H,16,17,19). The van der Waals surface area contributed by atoms with E-state index in [4.69, 9.17) is 0 Å². The first-order chi connectivity index (χ1) is 9.25. The van der Waals surface area contributed by atoms with Gasteiger partial charge < -0.3 is 10.4 Å². The average Bonchev–Trinajstić information content (AvgIpc) is 2.43. The third kappa shape index (κ3) is 4.54. The Morgan fingerprint density at radius 3 is 2.89 bits per heavy atom. The second kappa shape index (κ2) is 7.12. The summed E-state index contributed by atoms with van der Waals surface area (Å²) in [6.07, 6.45) is 12.2. The van der Waals surface area contributed by atoms with Gasteiger partial charge in [-0.15, -0.1) is 0 Å². The van der Waals surface area contributed by atoms with E-state index in [1.807, 2.05) is 0 Å². The number of hydrogen-bond acceptors (Lipinski definition) is 3. The van der Waals surface area contributed by atoms with Crippen molar-refractivity contribution >= 4 is 11.6 Å². The molecule has 0 radical (unpaired) electrons. The van der Waals surface area contributed by atoms with Gasteiger partial charge in [0.15, 0.2) is 5.75 Å². The molecule has 0 unspecified atom stereocenters. The van der Waals surface area contributed by atoms with Crippen molar-refractivity contribution in [3.63, 3.8) is 0 Å². The first-order valence-corrected chi connectivity index (χ1v) is 7.18. The summed E-state index contributed by atoms with van der Waals surface area (Å²) in [5, 5.41) is 12.2. The van der Waals surface area contributed by atoms with Crippen LogP contribution in [0.1, 0.15) is 51.4 Å². The zero-order valence-corrected chi connectivity index (χ0v) is 11.3. The largest absolute Gasteiger partial charge is 0.504 e. The van der Waals surface area contributed by atoms with Gasteiger partial charge in [-0.1, -0.05) is 32.1 Å². The Kier molecular flexibility index (Phi) is 5.19. The first-order valence-electron chi connectivity index (χ1n) is 7.18. The van der Waals surface area contributed by atoms with Crippen molar-refractivity contribution in [2.75, 3.05) is 5.32 Å². The molecule has 0 saturated heterocycles. The summed E-state index contributed by atoms with van der Waals surface area (Å²) in [6.45, 7) is 0. The molecule has 0 aliphatic heterocycles. The van der Waals surface area contributed by atoms with Gasteiger partial charge in [0.25, 0.3) is 0 Å². The van der Waals surface area contributed by atoms with Crippen LogP contribution in [0.15, 0.2) is 18.5 Å². The van der Waals surface area contributed by atoms with Gasteiger partial charge in [0.1, 0.15) is 0 Å². The smallest absolute Gasteiger partial charge is 0.224 e. The number of nitrogens with zero attached hydrogens (tertiary/aromatic N) is 1. The first kappa shape index (κ1) is 13.8. The number of hydrogen-bond donors (Lipinski definition) is 2. The number of pyridine rings is 1. The van der Waals surface area contributed by atoms with Crippen LogP contribution >= 0.6 is 0 Å². The lowest BCUT2D eigenvalue weighted by Crippen LogP contribution is -2.13. The number of aromatic nitrogens is 1. The second-order valence-electron chi connectivity index (χ2n) is 5.34. The van der Waals surface area contributed by atoms with Crippen molar-refractivity contribution in [2.24, 2.45) is 5.92 Å². The molecule has 0 spiro atoms. The fourth-order valence-electron chi connectivity index (χ4n) is 2.73. The highest BCUT2D eigenvalue weighted by Gasteiger charge is 2.14. The highest BCUT2D eigenvalue weighted by atomic mass is 16.3. The molecule has 1 aliphatic carbocycles. The van der Waals surface area contributed by atoms with Gasteiger partial charge in [0, 0.05) is 12.6 Å². The number of rotatable bonds is 5. The van der Waals surface area contributed by atoms with Crippen molar-refractivity contribution in [2.45, 2.75) is 51.4 Å². The average molecular weight is 262 g/mol. The molecule has 4 heteroatoms. The summed E-state index contributed by atoms with van der Waals surface area (Å²) < 4.78 is 0. The van der Waals surface area contributed by atoms with E-state index in [1.54, 1.807) is 12.3 Å². The van der Waals surface area contributed by atoms with E-state index in [0.29, 0.717) is 12.1 Å². The number of anilines is 1. The molecular weight excluding hydrogens is 240 g/mol. The molecule has 1 amide bonds. The third-order valence-corrected chi connectivity index (χ3v) is 3.82. The molecule has 104 valence electrons. The van der Waals surface area contributed by atoms with E-state index >= 15 is 0 Å². The van der Waals surface area contributed by atoms with Crippen molar-refractivity contribution in [1.29, 1.82) is 0 Å². The molecule has 0 aromatic carbocycles. The van der Waals surface area contributed by atoms with Crippen LogP contribution < -0.4 is 5.32 Å². The van der Waals surface area contributed by atoms with Crippen LogP contribution in [0.3, 0.4) is 0 Å². The quantitative estimate of drug-likeness (QED) is 0.854. The Balaban J connectivity index is 1.68. The minimum atomic E-state index is -0.0303. The summed E-state index contributed by atoms with van der Waals surface area (Å²) in [5.41, 5.74) is 0.442. The molecule has 4 nitrogen and oxygen atoms in total. The van der Waals surface area contributed by atoms with Gasteiger partial charge in [0.2, 0.25) is 5.91 Å². The van der Waals surface area contributed by atoms with Gasteiger partial charge in [-0.25, -0.2) is 0 Å². The van der Waals surface area contributed by atoms with Crippen LogP contribution in [0.5, 0.6) is 5.75 Å². The Hall–Kier alpha value is -1.58. The summed E-state index contributed by atoms with van der Waals surface area (Å²) in [6, 6.07) is 1.61. The van der Waals surface area contributed by atoms with E-state index in [2.05, 4.69) is 10.3 Å². The SMILES string of the molecule is O=C(CCCC1CCCCC1)Nc1ccncc1O. The summed E-state index contributed by atoms with van der Waals surface area (Å²) >= 11 is 0. The minimum absolute atomic E-state index is 0.0168. The normalized spacial score (nSPS) is 16.2. The van der Waals surface area contributed by atoms with Crippen LogP contribution in [-0.2, 0) is 4.79 Å². The highest BCUT2D eigenvalue weighted by molar-refractivity contribution is 5.91. The van der Waals surface area contributed by atoms with Gasteiger partial charge in [-0.2, -0.15) is 0 Å². The fourth-order valence-corrected chi connectivity index (χ4v) is 2.73. The Morgan fingerprint density at radius 2 is 2.16 bits per heavy atom. The number of aromatic hydroxyl groups is 1. The monoisotopic (exact) mass is 262 g/mol. The predicted molar refractivity (Wildman–Crippen MR) is 75.0 cm³/mol. The maximum absolute atomic E-state index is 11.8. The van der Waals surface area contributed by atoms with Crippen LogP contribution in [0.2, 0.25) is 0 Å². The molecule has 0 bridgehead atoms. The number of amides is 1. The molecule has 1 saturated carbocycles. The summed E-state index contributed by atoms with van der Waals surface area (Å²) in [4.78, 5) is 15.5. The van der Waals surface area contributed by atoms with Gasteiger partial charge in [0.05, 0.1) is 11.9 Å². The van der Waals surface area contributed by atoms with Crippen LogP contribution in [0.25, 0.3) is 0 Å². The molecule has 1 aromatic rings. The van der Waals surface area contributed by atoms with Crippen molar-refractivity contribution < 1.29 is 9.90 Å². The topological polar surface area (TPSA) is 62.2 Å². The Morgan fingerprint density at radius 1 is 1.37 bits per heavy atom. The minimum Gasteiger partial charge on any atom is -0.504 e. The molecule has 0 atom stereocenters.